The maximum atomic E-state index is 13.9. The summed E-state index contributed by atoms with van der Waals surface area (Å²) in [5, 5.41) is 6.43. The molecular formula is C38H44F4N4O4S2. The molecule has 4 aromatic rings. The van der Waals surface area contributed by atoms with Gasteiger partial charge in [-0.3, -0.25) is 0 Å². The first-order valence-corrected chi connectivity index (χ1v) is 20.2. The zero-order chi connectivity index (χ0) is 37.5. The van der Waals surface area contributed by atoms with E-state index in [0.717, 1.165) is 63.5 Å². The van der Waals surface area contributed by atoms with E-state index < -0.39 is 43.3 Å². The van der Waals surface area contributed by atoms with Crippen LogP contribution in [0.15, 0.2) is 94.7 Å². The zero-order valence-corrected chi connectivity index (χ0v) is 30.6. The van der Waals surface area contributed by atoms with Crippen LogP contribution < -0.4 is 20.1 Å². The molecule has 280 valence electrons. The first-order valence-electron chi connectivity index (χ1n) is 17.3. The van der Waals surface area contributed by atoms with Crippen molar-refractivity contribution < 1.29 is 34.4 Å². The summed E-state index contributed by atoms with van der Waals surface area (Å²) >= 11 is 0. The quantitative estimate of drug-likeness (QED) is 0.131. The van der Waals surface area contributed by atoms with E-state index in [1.54, 1.807) is 0 Å². The molecule has 4 aromatic carbocycles. The standard InChI is InChI=1S/2C19H22F2N2O2S/c2*1-22-15-5-7-16(8-6-15)23-26(24,25)17-9-2-13(3-10-17)18-11-4-14(20)12-19(18)21/h2*2-4,9-12,15-16,22-23H,5-8H2,1H3. The fourth-order valence-corrected chi connectivity index (χ4v) is 9.26. The van der Waals surface area contributed by atoms with Crippen molar-refractivity contribution in [1.82, 2.24) is 20.1 Å². The fraction of sp³-hybridized carbons (Fsp3) is 0.368. The molecule has 0 saturated heterocycles. The second kappa shape index (κ2) is 17.4. The first kappa shape index (κ1) is 39.5. The van der Waals surface area contributed by atoms with Gasteiger partial charge in [-0.1, -0.05) is 24.3 Å². The molecule has 4 N–H and O–H groups in total. The summed E-state index contributed by atoms with van der Waals surface area (Å²) in [6, 6.07) is 19.3. The van der Waals surface area contributed by atoms with Crippen LogP contribution in [0.2, 0.25) is 0 Å². The van der Waals surface area contributed by atoms with Crippen LogP contribution in [0.25, 0.3) is 22.3 Å². The van der Waals surface area contributed by atoms with Crippen molar-refractivity contribution in [3.05, 3.63) is 108 Å². The number of hydrogen-bond donors (Lipinski definition) is 4. The molecule has 2 aliphatic rings. The van der Waals surface area contributed by atoms with Crippen LogP contribution in [0, 0.1) is 23.3 Å². The highest BCUT2D eigenvalue weighted by molar-refractivity contribution is 7.89. The summed E-state index contributed by atoms with van der Waals surface area (Å²) < 4.78 is 110. The molecule has 0 radical (unpaired) electrons. The molecule has 2 saturated carbocycles. The van der Waals surface area contributed by atoms with E-state index in [1.807, 2.05) is 14.1 Å². The molecule has 2 fully saturated rings. The summed E-state index contributed by atoms with van der Waals surface area (Å²) in [5.74, 6) is -2.66. The monoisotopic (exact) mass is 760 g/mol. The molecule has 0 spiro atoms. The largest absolute Gasteiger partial charge is 0.317 e. The molecule has 0 aliphatic heterocycles. The normalized spacial score (nSPS) is 20.9. The Bertz CT molecular complexity index is 1870. The molecule has 14 heteroatoms. The summed E-state index contributed by atoms with van der Waals surface area (Å²) in [4.78, 5) is 0.277. The van der Waals surface area contributed by atoms with Gasteiger partial charge in [-0.25, -0.2) is 43.8 Å². The second-order valence-electron chi connectivity index (χ2n) is 13.2. The van der Waals surface area contributed by atoms with Crippen molar-refractivity contribution in [3.63, 3.8) is 0 Å². The van der Waals surface area contributed by atoms with Gasteiger partial charge in [0.15, 0.2) is 0 Å². The van der Waals surface area contributed by atoms with Crippen LogP contribution in [0.4, 0.5) is 17.6 Å². The van der Waals surface area contributed by atoms with Gasteiger partial charge in [0.25, 0.3) is 0 Å². The molecule has 0 aromatic heterocycles. The predicted molar refractivity (Wildman–Crippen MR) is 194 cm³/mol. The minimum absolute atomic E-state index is 0.0705. The van der Waals surface area contributed by atoms with Crippen LogP contribution >= 0.6 is 0 Å². The third kappa shape index (κ3) is 10.3. The summed E-state index contributed by atoms with van der Waals surface area (Å²) in [7, 11) is -3.41. The Morgan fingerprint density at radius 3 is 1.06 bits per heavy atom. The summed E-state index contributed by atoms with van der Waals surface area (Å²) in [5.41, 5.74) is 1.45. The van der Waals surface area contributed by atoms with Crippen LogP contribution in [0.5, 0.6) is 0 Å². The van der Waals surface area contributed by atoms with Crippen molar-refractivity contribution in [2.45, 2.75) is 85.3 Å². The van der Waals surface area contributed by atoms with E-state index in [1.165, 1.54) is 72.8 Å². The highest BCUT2D eigenvalue weighted by Gasteiger charge is 2.26. The maximum absolute atomic E-state index is 13.9. The lowest BCUT2D eigenvalue weighted by Crippen LogP contribution is -2.41. The third-order valence-electron chi connectivity index (χ3n) is 9.73. The average Bonchev–Trinajstić information content (AvgIpc) is 3.12. The number of rotatable bonds is 10. The van der Waals surface area contributed by atoms with Crippen molar-refractivity contribution in [3.8, 4) is 22.3 Å². The molecule has 0 amide bonds. The molecule has 2 aliphatic carbocycles. The van der Waals surface area contributed by atoms with E-state index in [0.29, 0.717) is 23.2 Å². The van der Waals surface area contributed by atoms with Gasteiger partial charge in [0, 0.05) is 47.4 Å². The number of hydrogen-bond acceptors (Lipinski definition) is 6. The Morgan fingerprint density at radius 1 is 0.462 bits per heavy atom. The van der Waals surface area contributed by atoms with Crippen LogP contribution in [0.3, 0.4) is 0 Å². The van der Waals surface area contributed by atoms with Gasteiger partial charge in [-0.2, -0.15) is 0 Å². The van der Waals surface area contributed by atoms with Gasteiger partial charge >= 0.3 is 0 Å². The SMILES string of the molecule is CNC1CCC(NS(=O)(=O)c2ccc(-c3ccc(F)cc3F)cc2)CC1.CNC1CCC(NS(=O)(=O)c2ccc(-c3ccc(F)cc3F)cc2)CC1. The van der Waals surface area contributed by atoms with Gasteiger partial charge in [0.1, 0.15) is 23.3 Å². The molecule has 52 heavy (non-hydrogen) atoms. The average molecular weight is 761 g/mol. The van der Waals surface area contributed by atoms with E-state index in [4.69, 9.17) is 0 Å². The van der Waals surface area contributed by atoms with Crippen molar-refractivity contribution >= 4 is 20.0 Å². The highest BCUT2D eigenvalue weighted by atomic mass is 32.2. The minimum Gasteiger partial charge on any atom is -0.317 e. The van der Waals surface area contributed by atoms with E-state index in [-0.39, 0.29) is 33.0 Å². The molecule has 0 bridgehead atoms. The van der Waals surface area contributed by atoms with Gasteiger partial charge in [0.2, 0.25) is 20.0 Å². The Hall–Kier alpha value is -3.66. The van der Waals surface area contributed by atoms with Gasteiger partial charge in [0.05, 0.1) is 9.79 Å². The smallest absolute Gasteiger partial charge is 0.240 e. The molecular weight excluding hydrogens is 717 g/mol. The van der Waals surface area contributed by atoms with E-state index in [9.17, 15) is 34.4 Å². The first-order chi connectivity index (χ1) is 24.8. The van der Waals surface area contributed by atoms with Gasteiger partial charge in [-0.05, 0) is 125 Å². The molecule has 6 rings (SSSR count). The van der Waals surface area contributed by atoms with Gasteiger partial charge in [-0.15, -0.1) is 0 Å². The highest BCUT2D eigenvalue weighted by Crippen LogP contribution is 2.28. The Kier molecular flexibility index (Phi) is 13.3. The van der Waals surface area contributed by atoms with Crippen molar-refractivity contribution in [2.24, 2.45) is 0 Å². The summed E-state index contributed by atoms with van der Waals surface area (Å²) in [6.45, 7) is 0. The number of halogens is 4. The topological polar surface area (TPSA) is 116 Å². The maximum Gasteiger partial charge on any atom is 0.240 e. The predicted octanol–water partition coefficient (Wildman–Crippen LogP) is 6.88. The number of sulfonamides is 2. The lowest BCUT2D eigenvalue weighted by atomic mass is 9.92. The number of benzene rings is 4. The van der Waals surface area contributed by atoms with E-state index >= 15 is 0 Å². The van der Waals surface area contributed by atoms with Gasteiger partial charge < -0.3 is 10.6 Å². The molecule has 8 nitrogen and oxygen atoms in total. The summed E-state index contributed by atoms with van der Waals surface area (Å²) in [6.07, 6.45) is 6.93. The van der Waals surface area contributed by atoms with Crippen LogP contribution in [-0.4, -0.2) is 55.1 Å². The van der Waals surface area contributed by atoms with Crippen molar-refractivity contribution in [1.29, 1.82) is 0 Å². The molecule has 0 atom stereocenters. The second-order valence-corrected chi connectivity index (χ2v) is 16.6. The van der Waals surface area contributed by atoms with Crippen LogP contribution in [0.1, 0.15) is 51.4 Å². The lowest BCUT2D eigenvalue weighted by Gasteiger charge is -2.28. The Morgan fingerprint density at radius 2 is 0.769 bits per heavy atom. The van der Waals surface area contributed by atoms with E-state index in [2.05, 4.69) is 20.1 Å². The van der Waals surface area contributed by atoms with Crippen molar-refractivity contribution in [2.75, 3.05) is 14.1 Å². The minimum atomic E-state index is -3.62. The third-order valence-corrected chi connectivity index (χ3v) is 12.8. The zero-order valence-electron chi connectivity index (χ0n) is 29.0. The van der Waals surface area contributed by atoms with Crippen LogP contribution in [-0.2, 0) is 20.0 Å². The number of nitrogens with one attached hydrogen (secondary N) is 4. The Balaban J connectivity index is 0.000000201. The fourth-order valence-electron chi connectivity index (χ4n) is 6.65. The Labute approximate surface area is 303 Å². The lowest BCUT2D eigenvalue weighted by molar-refractivity contribution is 0.342. The molecule has 0 unspecified atom stereocenters. The molecule has 0 heterocycles.